The van der Waals surface area contributed by atoms with Gasteiger partial charge < -0.3 is 19.7 Å². The lowest BCUT2D eigenvalue weighted by atomic mass is 10.1. The molecule has 170 valence electrons. The molecule has 0 radical (unpaired) electrons. The topological polar surface area (TPSA) is 59.5 Å². The lowest BCUT2D eigenvalue weighted by Crippen LogP contribution is -2.29. The highest BCUT2D eigenvalue weighted by Crippen LogP contribution is 2.37. The molecular weight excluding hydrogens is 432 g/mol. The molecule has 1 unspecified atom stereocenters. The number of hydrogen-bond acceptors (Lipinski definition) is 7. The van der Waals surface area contributed by atoms with Gasteiger partial charge in [-0.15, -0.1) is 11.3 Å². The van der Waals surface area contributed by atoms with E-state index in [4.69, 9.17) is 9.47 Å². The second-order valence-electron chi connectivity index (χ2n) is 8.25. The molecule has 1 fully saturated rings. The van der Waals surface area contributed by atoms with E-state index in [1.165, 1.54) is 18.4 Å². The molecule has 0 saturated carbocycles. The third-order valence-electron chi connectivity index (χ3n) is 6.15. The SMILES string of the molecule is COc1ccc(-c2cc3ncnc(NC(CN4CCCC4)c4ccc(OC)cc4)c3s2)cc1. The zero-order chi connectivity index (χ0) is 22.6. The Hall–Kier alpha value is -3.16. The van der Waals surface area contributed by atoms with Crippen LogP contribution in [0.3, 0.4) is 0 Å². The first-order valence-corrected chi connectivity index (χ1v) is 12.1. The second kappa shape index (κ2) is 9.77. The van der Waals surface area contributed by atoms with Crippen molar-refractivity contribution in [3.05, 3.63) is 66.5 Å². The zero-order valence-corrected chi connectivity index (χ0v) is 19.8. The van der Waals surface area contributed by atoms with Crippen LogP contribution in [-0.2, 0) is 0 Å². The number of likely N-dealkylation sites (tertiary alicyclic amines) is 1. The zero-order valence-electron chi connectivity index (χ0n) is 19.0. The molecule has 1 saturated heterocycles. The summed E-state index contributed by atoms with van der Waals surface area (Å²) in [6, 6.07) is 18.7. The van der Waals surface area contributed by atoms with Crippen molar-refractivity contribution < 1.29 is 9.47 Å². The minimum absolute atomic E-state index is 0.124. The summed E-state index contributed by atoms with van der Waals surface area (Å²) in [7, 11) is 3.38. The van der Waals surface area contributed by atoms with Crippen molar-refractivity contribution in [2.75, 3.05) is 39.2 Å². The molecule has 0 amide bonds. The van der Waals surface area contributed by atoms with Crippen molar-refractivity contribution in [3.63, 3.8) is 0 Å². The third-order valence-corrected chi connectivity index (χ3v) is 7.33. The van der Waals surface area contributed by atoms with Gasteiger partial charge in [-0.3, -0.25) is 0 Å². The number of thiophene rings is 1. The Morgan fingerprint density at radius 2 is 1.61 bits per heavy atom. The quantitative estimate of drug-likeness (QED) is 0.368. The van der Waals surface area contributed by atoms with Crippen LogP contribution in [-0.4, -0.2) is 48.7 Å². The Morgan fingerprint density at radius 1 is 0.939 bits per heavy atom. The highest BCUT2D eigenvalue weighted by molar-refractivity contribution is 7.22. The number of fused-ring (bicyclic) bond motifs is 1. The van der Waals surface area contributed by atoms with Gasteiger partial charge in [0.25, 0.3) is 0 Å². The Morgan fingerprint density at radius 3 is 2.27 bits per heavy atom. The van der Waals surface area contributed by atoms with Gasteiger partial charge in [0.1, 0.15) is 23.6 Å². The molecule has 1 aliphatic heterocycles. The van der Waals surface area contributed by atoms with E-state index in [1.54, 1.807) is 31.9 Å². The lowest BCUT2D eigenvalue weighted by Gasteiger charge is -2.25. The Bertz CT molecular complexity index is 1200. The first kappa shape index (κ1) is 21.7. The van der Waals surface area contributed by atoms with Crippen LogP contribution in [0.5, 0.6) is 11.5 Å². The molecule has 3 heterocycles. The average molecular weight is 461 g/mol. The highest BCUT2D eigenvalue weighted by atomic mass is 32.1. The first-order valence-electron chi connectivity index (χ1n) is 11.3. The summed E-state index contributed by atoms with van der Waals surface area (Å²) < 4.78 is 11.7. The number of methoxy groups -OCH3 is 2. The number of rotatable bonds is 8. The van der Waals surface area contributed by atoms with Gasteiger partial charge in [-0.2, -0.15) is 0 Å². The van der Waals surface area contributed by atoms with Crippen LogP contribution in [0.25, 0.3) is 20.7 Å². The van der Waals surface area contributed by atoms with Crippen LogP contribution < -0.4 is 14.8 Å². The molecule has 1 atom stereocenters. The number of nitrogens with one attached hydrogen (secondary N) is 1. The van der Waals surface area contributed by atoms with Crippen molar-refractivity contribution in [2.24, 2.45) is 0 Å². The molecule has 2 aromatic carbocycles. The van der Waals surface area contributed by atoms with Gasteiger partial charge in [0.05, 0.1) is 30.5 Å². The highest BCUT2D eigenvalue weighted by Gasteiger charge is 2.21. The summed E-state index contributed by atoms with van der Waals surface area (Å²) >= 11 is 1.71. The van der Waals surface area contributed by atoms with Crippen LogP contribution >= 0.6 is 11.3 Å². The largest absolute Gasteiger partial charge is 0.497 e. The minimum atomic E-state index is 0.124. The molecule has 7 heteroatoms. The van der Waals surface area contributed by atoms with Gasteiger partial charge in [0, 0.05) is 11.4 Å². The van der Waals surface area contributed by atoms with Crippen molar-refractivity contribution in [3.8, 4) is 21.9 Å². The van der Waals surface area contributed by atoms with Gasteiger partial charge >= 0.3 is 0 Å². The van der Waals surface area contributed by atoms with E-state index >= 15 is 0 Å². The predicted molar refractivity (Wildman–Crippen MR) is 134 cm³/mol. The number of benzene rings is 2. The Balaban J connectivity index is 1.46. The smallest absolute Gasteiger partial charge is 0.147 e. The summed E-state index contributed by atoms with van der Waals surface area (Å²) in [5, 5.41) is 3.74. The standard InChI is InChI=1S/C26H28N4O2S/c1-31-20-9-5-18(6-10-20)23(16-30-13-3-4-14-30)29-26-25-22(27-17-28-26)15-24(33-25)19-7-11-21(32-2)12-8-19/h5-12,15,17,23H,3-4,13-14,16H2,1-2H3,(H,27,28,29). The molecular formula is C26H28N4O2S. The molecule has 2 aromatic heterocycles. The summed E-state index contributed by atoms with van der Waals surface area (Å²) in [5.74, 6) is 2.60. The molecule has 1 aliphatic rings. The summed E-state index contributed by atoms with van der Waals surface area (Å²) in [6.45, 7) is 3.23. The van der Waals surface area contributed by atoms with Gasteiger partial charge in [-0.1, -0.05) is 12.1 Å². The molecule has 5 rings (SSSR count). The Labute approximate surface area is 198 Å². The number of anilines is 1. The molecule has 6 nitrogen and oxygen atoms in total. The Kier molecular flexibility index (Phi) is 6.41. The van der Waals surface area contributed by atoms with Gasteiger partial charge in [-0.25, -0.2) is 9.97 Å². The van der Waals surface area contributed by atoms with Crippen molar-refractivity contribution in [1.82, 2.24) is 14.9 Å². The monoisotopic (exact) mass is 460 g/mol. The van der Waals surface area contributed by atoms with Crippen molar-refractivity contribution in [2.45, 2.75) is 18.9 Å². The molecule has 0 bridgehead atoms. The number of hydrogen-bond donors (Lipinski definition) is 1. The van der Waals surface area contributed by atoms with E-state index < -0.39 is 0 Å². The van der Waals surface area contributed by atoms with E-state index in [0.717, 1.165) is 57.6 Å². The lowest BCUT2D eigenvalue weighted by molar-refractivity contribution is 0.323. The number of ether oxygens (including phenoxy) is 2. The molecule has 33 heavy (non-hydrogen) atoms. The predicted octanol–water partition coefficient (Wildman–Crippen LogP) is 5.62. The van der Waals surface area contributed by atoms with Crippen molar-refractivity contribution in [1.29, 1.82) is 0 Å². The maximum Gasteiger partial charge on any atom is 0.147 e. The maximum absolute atomic E-state index is 5.36. The van der Waals surface area contributed by atoms with Gasteiger partial charge in [0.2, 0.25) is 0 Å². The first-order chi connectivity index (χ1) is 16.2. The molecule has 0 spiro atoms. The van der Waals surface area contributed by atoms with Crippen molar-refractivity contribution >= 4 is 27.4 Å². The average Bonchev–Trinajstić information content (AvgIpc) is 3.54. The van der Waals surface area contributed by atoms with Gasteiger partial charge in [-0.05, 0) is 79.5 Å². The number of nitrogens with zero attached hydrogens (tertiary/aromatic N) is 3. The van der Waals surface area contributed by atoms with Gasteiger partial charge in [0.15, 0.2) is 0 Å². The maximum atomic E-state index is 5.36. The van der Waals surface area contributed by atoms with E-state index in [2.05, 4.69) is 50.5 Å². The normalized spacial score (nSPS) is 15.0. The van der Waals surface area contributed by atoms with E-state index in [0.29, 0.717) is 0 Å². The summed E-state index contributed by atoms with van der Waals surface area (Å²) in [6.07, 6.45) is 4.18. The number of aromatic nitrogens is 2. The molecule has 4 aromatic rings. The second-order valence-corrected chi connectivity index (χ2v) is 9.31. The van der Waals surface area contributed by atoms with Crippen LogP contribution in [0.15, 0.2) is 60.9 Å². The van der Waals surface area contributed by atoms with Crippen LogP contribution in [0.2, 0.25) is 0 Å². The summed E-state index contributed by atoms with van der Waals surface area (Å²) in [5.41, 5.74) is 3.33. The fourth-order valence-corrected chi connectivity index (χ4v) is 5.38. The van der Waals surface area contributed by atoms with Crippen LogP contribution in [0, 0.1) is 0 Å². The summed E-state index contributed by atoms with van der Waals surface area (Å²) in [4.78, 5) is 12.9. The fourth-order valence-electron chi connectivity index (χ4n) is 4.31. The molecule has 0 aliphatic carbocycles. The third kappa shape index (κ3) is 4.79. The molecule has 1 N–H and O–H groups in total. The van der Waals surface area contributed by atoms with E-state index in [1.807, 2.05) is 24.3 Å². The fraction of sp³-hybridized carbons (Fsp3) is 0.308. The van der Waals surface area contributed by atoms with Crippen LogP contribution in [0.4, 0.5) is 5.82 Å². The van der Waals surface area contributed by atoms with E-state index in [-0.39, 0.29) is 6.04 Å². The van der Waals surface area contributed by atoms with Crippen LogP contribution in [0.1, 0.15) is 24.4 Å². The van der Waals surface area contributed by atoms with E-state index in [9.17, 15) is 0 Å². The minimum Gasteiger partial charge on any atom is -0.497 e.